The third kappa shape index (κ3) is 2.28. The Hall–Kier alpha value is -1.79. The lowest BCUT2D eigenvalue weighted by Gasteiger charge is -2.33. The molecule has 0 aromatic carbocycles. The second kappa shape index (κ2) is 5.63. The summed E-state index contributed by atoms with van der Waals surface area (Å²) in [6.45, 7) is 8.81. The largest absolute Gasteiger partial charge is 0.331 e. The summed E-state index contributed by atoms with van der Waals surface area (Å²) in [5.41, 5.74) is 3.27. The molecule has 0 aliphatic carbocycles. The molecule has 1 aliphatic rings. The molecular weight excluding hydrogens is 338 g/mol. The van der Waals surface area contributed by atoms with Gasteiger partial charge >= 0.3 is 0 Å². The summed E-state index contributed by atoms with van der Waals surface area (Å²) in [6, 6.07) is 2.28. The molecule has 24 heavy (non-hydrogen) atoms. The molecule has 1 unspecified atom stereocenters. The van der Waals surface area contributed by atoms with Gasteiger partial charge in [0.1, 0.15) is 10.7 Å². The molecule has 124 valence electrons. The van der Waals surface area contributed by atoms with Gasteiger partial charge in [-0.05, 0) is 56.7 Å². The van der Waals surface area contributed by atoms with Gasteiger partial charge in [0.25, 0.3) is 5.91 Å². The summed E-state index contributed by atoms with van der Waals surface area (Å²) >= 11 is 3.30. The standard InChI is InChI=1S/C18H19N3OS2/c1-9-15-10(2)19-12(4)20-17(15)24-16(9)18(22)21-7-5-14-13(11(21)3)6-8-23-14/h6,8,11H,5,7H2,1-4H3. The molecule has 1 atom stereocenters. The fraction of sp³-hybridized carbons (Fsp3) is 0.389. The van der Waals surface area contributed by atoms with E-state index in [1.54, 1.807) is 11.3 Å². The Morgan fingerprint density at radius 1 is 1.29 bits per heavy atom. The molecule has 3 aromatic heterocycles. The number of rotatable bonds is 1. The quantitative estimate of drug-likeness (QED) is 0.647. The van der Waals surface area contributed by atoms with Gasteiger partial charge in [0, 0.05) is 22.5 Å². The van der Waals surface area contributed by atoms with Crippen LogP contribution in [0.2, 0.25) is 0 Å². The Kier molecular flexibility index (Phi) is 3.69. The maximum absolute atomic E-state index is 13.2. The average Bonchev–Trinajstić information content (AvgIpc) is 3.12. The number of fused-ring (bicyclic) bond motifs is 2. The topological polar surface area (TPSA) is 46.1 Å². The first-order valence-corrected chi connectivity index (χ1v) is 9.78. The molecule has 0 N–H and O–H groups in total. The van der Waals surface area contributed by atoms with E-state index < -0.39 is 0 Å². The third-order valence-corrected chi connectivity index (χ3v) is 6.99. The Bertz CT molecular complexity index is 957. The molecule has 4 rings (SSSR count). The van der Waals surface area contributed by atoms with Crippen LogP contribution >= 0.6 is 22.7 Å². The minimum Gasteiger partial charge on any atom is -0.331 e. The van der Waals surface area contributed by atoms with Gasteiger partial charge in [-0.2, -0.15) is 0 Å². The number of hydrogen-bond donors (Lipinski definition) is 0. The van der Waals surface area contributed by atoms with Gasteiger partial charge in [0.15, 0.2) is 0 Å². The van der Waals surface area contributed by atoms with Crippen molar-refractivity contribution in [3.05, 3.63) is 43.8 Å². The van der Waals surface area contributed by atoms with E-state index in [-0.39, 0.29) is 11.9 Å². The second-order valence-corrected chi connectivity index (χ2v) is 8.32. The van der Waals surface area contributed by atoms with Gasteiger partial charge in [-0.3, -0.25) is 4.79 Å². The van der Waals surface area contributed by atoms with Gasteiger partial charge in [-0.1, -0.05) is 0 Å². The molecule has 0 bridgehead atoms. The number of amides is 1. The normalized spacial score (nSPS) is 17.3. The molecule has 4 heterocycles. The van der Waals surface area contributed by atoms with Crippen molar-refractivity contribution >= 4 is 38.8 Å². The number of hydrogen-bond acceptors (Lipinski definition) is 5. The number of aryl methyl sites for hydroxylation is 3. The summed E-state index contributed by atoms with van der Waals surface area (Å²) < 4.78 is 0. The van der Waals surface area contributed by atoms with Crippen molar-refractivity contribution in [3.8, 4) is 0 Å². The Morgan fingerprint density at radius 3 is 2.88 bits per heavy atom. The van der Waals surface area contributed by atoms with Crippen LogP contribution in [0.25, 0.3) is 10.2 Å². The molecule has 0 saturated carbocycles. The molecule has 0 spiro atoms. The summed E-state index contributed by atoms with van der Waals surface area (Å²) in [7, 11) is 0. The van der Waals surface area contributed by atoms with Crippen LogP contribution in [0.4, 0.5) is 0 Å². The van der Waals surface area contributed by atoms with Crippen molar-refractivity contribution in [2.24, 2.45) is 0 Å². The van der Waals surface area contributed by atoms with Crippen molar-refractivity contribution in [1.29, 1.82) is 0 Å². The summed E-state index contributed by atoms with van der Waals surface area (Å²) in [4.78, 5) is 27.3. The number of carbonyl (C=O) groups excluding carboxylic acids is 1. The molecule has 4 nitrogen and oxygen atoms in total. The summed E-state index contributed by atoms with van der Waals surface area (Å²) in [6.07, 6.45) is 0.949. The molecule has 0 fully saturated rings. The zero-order valence-corrected chi connectivity index (χ0v) is 15.8. The number of aromatic nitrogens is 2. The lowest BCUT2D eigenvalue weighted by Crippen LogP contribution is -2.38. The fourth-order valence-electron chi connectivity index (χ4n) is 3.59. The molecule has 6 heteroatoms. The van der Waals surface area contributed by atoms with Crippen molar-refractivity contribution in [2.75, 3.05) is 6.54 Å². The number of nitrogens with zero attached hydrogens (tertiary/aromatic N) is 3. The van der Waals surface area contributed by atoms with Crippen LogP contribution in [0.1, 0.15) is 50.2 Å². The highest BCUT2D eigenvalue weighted by Crippen LogP contribution is 2.37. The molecule has 1 aliphatic heterocycles. The zero-order valence-electron chi connectivity index (χ0n) is 14.2. The third-order valence-electron chi connectivity index (χ3n) is 4.82. The lowest BCUT2D eigenvalue weighted by atomic mass is 10.0. The van der Waals surface area contributed by atoms with E-state index in [9.17, 15) is 4.79 Å². The van der Waals surface area contributed by atoms with Gasteiger partial charge < -0.3 is 4.90 Å². The Morgan fingerprint density at radius 2 is 2.08 bits per heavy atom. The van der Waals surface area contributed by atoms with E-state index in [2.05, 4.69) is 28.3 Å². The molecule has 0 saturated heterocycles. The minimum absolute atomic E-state index is 0.122. The van der Waals surface area contributed by atoms with E-state index in [0.717, 1.165) is 45.1 Å². The highest BCUT2D eigenvalue weighted by molar-refractivity contribution is 7.20. The van der Waals surface area contributed by atoms with Crippen LogP contribution in [0.3, 0.4) is 0 Å². The van der Waals surface area contributed by atoms with E-state index in [4.69, 9.17) is 0 Å². The first-order chi connectivity index (χ1) is 11.5. The predicted molar refractivity (Wildman–Crippen MR) is 99.1 cm³/mol. The van der Waals surface area contributed by atoms with Crippen molar-refractivity contribution < 1.29 is 4.79 Å². The first-order valence-electron chi connectivity index (χ1n) is 8.09. The van der Waals surface area contributed by atoms with Gasteiger partial charge in [-0.25, -0.2) is 9.97 Å². The minimum atomic E-state index is 0.122. The van der Waals surface area contributed by atoms with Crippen molar-refractivity contribution in [2.45, 2.75) is 40.2 Å². The van der Waals surface area contributed by atoms with Crippen molar-refractivity contribution in [1.82, 2.24) is 14.9 Å². The van der Waals surface area contributed by atoms with Crippen LogP contribution in [0.15, 0.2) is 11.4 Å². The highest BCUT2D eigenvalue weighted by Gasteiger charge is 2.31. The first kappa shape index (κ1) is 15.7. The second-order valence-electron chi connectivity index (χ2n) is 6.32. The average molecular weight is 358 g/mol. The van der Waals surface area contributed by atoms with Crippen molar-refractivity contribution in [3.63, 3.8) is 0 Å². The monoisotopic (exact) mass is 357 g/mol. The Balaban J connectivity index is 1.77. The Labute approximate surface area is 149 Å². The fourth-order valence-corrected chi connectivity index (χ4v) is 5.79. The van der Waals surface area contributed by atoms with Crippen LogP contribution in [-0.2, 0) is 6.42 Å². The summed E-state index contributed by atoms with van der Waals surface area (Å²) in [5, 5.41) is 3.16. The number of thiophene rings is 2. The summed E-state index contributed by atoms with van der Waals surface area (Å²) in [5.74, 6) is 0.881. The molecule has 1 amide bonds. The van der Waals surface area contributed by atoms with Gasteiger partial charge in [-0.15, -0.1) is 22.7 Å². The van der Waals surface area contributed by atoms with E-state index in [1.807, 2.05) is 25.7 Å². The van der Waals surface area contributed by atoms with Gasteiger partial charge in [0.2, 0.25) is 0 Å². The van der Waals surface area contributed by atoms with Crippen LogP contribution in [0, 0.1) is 20.8 Å². The molecular formula is C18H19N3OS2. The lowest BCUT2D eigenvalue weighted by molar-refractivity contribution is 0.0684. The van der Waals surface area contributed by atoms with Gasteiger partial charge in [0.05, 0.1) is 10.9 Å². The zero-order chi connectivity index (χ0) is 17.0. The van der Waals surface area contributed by atoms with Crippen LogP contribution in [0.5, 0.6) is 0 Å². The predicted octanol–water partition coefficient (Wildman–Crippen LogP) is 4.44. The van der Waals surface area contributed by atoms with Crippen LogP contribution < -0.4 is 0 Å². The SMILES string of the molecule is Cc1nc(C)c2c(C)c(C(=O)N3CCc4sccc4C3C)sc2n1. The maximum atomic E-state index is 13.2. The molecule has 0 radical (unpaired) electrons. The van der Waals surface area contributed by atoms with E-state index in [0.29, 0.717) is 0 Å². The highest BCUT2D eigenvalue weighted by atomic mass is 32.1. The maximum Gasteiger partial charge on any atom is 0.264 e. The van der Waals surface area contributed by atoms with E-state index in [1.165, 1.54) is 21.8 Å². The van der Waals surface area contributed by atoms with E-state index >= 15 is 0 Å². The molecule has 3 aromatic rings. The van der Waals surface area contributed by atoms with Crippen LogP contribution in [-0.4, -0.2) is 27.3 Å². The smallest absolute Gasteiger partial charge is 0.264 e. The number of carbonyl (C=O) groups is 1.